The fourth-order valence-electron chi connectivity index (χ4n) is 5.66. The SMILES string of the molecule is Fc1ccc(CC(Cl)C23CC4CC(CC(C4)C2)C3)c(F)c1. The van der Waals surface area contributed by atoms with Gasteiger partial charge in [-0.3, -0.25) is 0 Å². The summed E-state index contributed by atoms with van der Waals surface area (Å²) in [7, 11) is 0. The van der Waals surface area contributed by atoms with Crippen molar-refractivity contribution in [3.05, 3.63) is 35.4 Å². The lowest BCUT2D eigenvalue weighted by molar-refractivity contribution is -0.0545. The highest BCUT2D eigenvalue weighted by Gasteiger charge is 2.53. The summed E-state index contributed by atoms with van der Waals surface area (Å²) in [6.45, 7) is 0. The van der Waals surface area contributed by atoms with Crippen LogP contribution in [0.4, 0.5) is 8.78 Å². The maximum absolute atomic E-state index is 13.9. The zero-order valence-electron chi connectivity index (χ0n) is 12.1. The molecule has 4 bridgehead atoms. The molecule has 0 N–H and O–H groups in total. The van der Waals surface area contributed by atoms with Gasteiger partial charge in [0.2, 0.25) is 0 Å². The lowest BCUT2D eigenvalue weighted by Gasteiger charge is -2.58. The summed E-state index contributed by atoms with van der Waals surface area (Å²) in [5.74, 6) is 1.56. The van der Waals surface area contributed by atoms with Crippen molar-refractivity contribution in [2.45, 2.75) is 50.3 Å². The fraction of sp³-hybridized carbons (Fsp3) is 0.667. The summed E-state index contributed by atoms with van der Waals surface area (Å²) in [5.41, 5.74) is 0.768. The summed E-state index contributed by atoms with van der Waals surface area (Å²) in [6, 6.07) is 3.86. The van der Waals surface area contributed by atoms with E-state index in [9.17, 15) is 8.78 Å². The minimum absolute atomic E-state index is 0.0224. The first-order valence-corrected chi connectivity index (χ1v) is 8.56. The molecule has 1 atom stereocenters. The molecule has 0 nitrogen and oxygen atoms in total. The van der Waals surface area contributed by atoms with Crippen LogP contribution in [-0.4, -0.2) is 5.38 Å². The van der Waals surface area contributed by atoms with Crippen LogP contribution in [0.25, 0.3) is 0 Å². The number of rotatable bonds is 3. The lowest BCUT2D eigenvalue weighted by atomic mass is 9.48. The predicted molar refractivity (Wildman–Crippen MR) is 80.3 cm³/mol. The Hall–Kier alpha value is -0.630. The number of hydrogen-bond donors (Lipinski definition) is 0. The van der Waals surface area contributed by atoms with Gasteiger partial charge in [0.1, 0.15) is 11.6 Å². The molecule has 0 spiro atoms. The number of alkyl halides is 1. The Morgan fingerprint density at radius 1 is 1.05 bits per heavy atom. The van der Waals surface area contributed by atoms with E-state index < -0.39 is 11.6 Å². The van der Waals surface area contributed by atoms with Crippen LogP contribution >= 0.6 is 11.6 Å². The second-order valence-electron chi connectivity index (χ2n) is 7.69. The van der Waals surface area contributed by atoms with Gasteiger partial charge in [0.25, 0.3) is 0 Å². The Morgan fingerprint density at radius 2 is 1.62 bits per heavy atom. The highest BCUT2D eigenvalue weighted by molar-refractivity contribution is 6.21. The third kappa shape index (κ3) is 2.40. The van der Waals surface area contributed by atoms with E-state index in [1.54, 1.807) is 6.07 Å². The first-order chi connectivity index (χ1) is 10.0. The zero-order chi connectivity index (χ0) is 14.6. The molecule has 0 aliphatic heterocycles. The van der Waals surface area contributed by atoms with Gasteiger partial charge in [0, 0.05) is 11.4 Å². The minimum Gasteiger partial charge on any atom is -0.207 e. The summed E-state index contributed by atoms with van der Waals surface area (Å²) in [5, 5.41) is -0.0224. The molecule has 4 saturated carbocycles. The van der Waals surface area contributed by atoms with E-state index in [1.807, 2.05) is 0 Å². The Labute approximate surface area is 129 Å². The quantitative estimate of drug-likeness (QED) is 0.662. The molecule has 0 aromatic heterocycles. The fourth-order valence-corrected chi connectivity index (χ4v) is 6.09. The van der Waals surface area contributed by atoms with Gasteiger partial charge >= 0.3 is 0 Å². The molecule has 0 saturated heterocycles. The van der Waals surface area contributed by atoms with Crippen LogP contribution in [0.2, 0.25) is 0 Å². The van der Waals surface area contributed by atoms with Crippen LogP contribution in [0, 0.1) is 34.8 Å². The molecule has 1 aromatic carbocycles. The Bertz CT molecular complexity index is 519. The summed E-state index contributed by atoms with van der Waals surface area (Å²) >= 11 is 6.79. The van der Waals surface area contributed by atoms with Crippen LogP contribution < -0.4 is 0 Å². The first-order valence-electron chi connectivity index (χ1n) is 8.12. The second-order valence-corrected chi connectivity index (χ2v) is 8.21. The molecule has 0 amide bonds. The molecule has 0 radical (unpaired) electrons. The van der Waals surface area contributed by atoms with Crippen molar-refractivity contribution < 1.29 is 8.78 Å². The monoisotopic (exact) mass is 310 g/mol. The van der Waals surface area contributed by atoms with Crippen molar-refractivity contribution in [2.75, 3.05) is 0 Å². The van der Waals surface area contributed by atoms with Crippen molar-refractivity contribution in [1.82, 2.24) is 0 Å². The van der Waals surface area contributed by atoms with E-state index in [4.69, 9.17) is 11.6 Å². The van der Waals surface area contributed by atoms with Crippen LogP contribution in [-0.2, 0) is 6.42 Å². The number of hydrogen-bond acceptors (Lipinski definition) is 0. The highest BCUT2D eigenvalue weighted by Crippen LogP contribution is 2.62. The van der Waals surface area contributed by atoms with E-state index in [-0.39, 0.29) is 10.8 Å². The minimum atomic E-state index is -0.517. The van der Waals surface area contributed by atoms with Crippen LogP contribution in [0.1, 0.15) is 44.1 Å². The molecule has 4 fully saturated rings. The van der Waals surface area contributed by atoms with Gasteiger partial charge in [-0.1, -0.05) is 6.07 Å². The summed E-state index contributed by atoms with van der Waals surface area (Å²) < 4.78 is 26.9. The summed E-state index contributed by atoms with van der Waals surface area (Å²) in [4.78, 5) is 0. The van der Waals surface area contributed by atoms with E-state index in [2.05, 4.69) is 0 Å². The highest BCUT2D eigenvalue weighted by atomic mass is 35.5. The van der Waals surface area contributed by atoms with Crippen molar-refractivity contribution in [3.8, 4) is 0 Å². The van der Waals surface area contributed by atoms with Gasteiger partial charge in [-0.05, 0) is 79.7 Å². The Kier molecular flexibility index (Phi) is 3.29. The molecule has 4 aliphatic carbocycles. The van der Waals surface area contributed by atoms with E-state index >= 15 is 0 Å². The van der Waals surface area contributed by atoms with Gasteiger partial charge in [0.05, 0.1) is 0 Å². The summed E-state index contributed by atoms with van der Waals surface area (Å²) in [6.07, 6.45) is 8.33. The second kappa shape index (κ2) is 4.94. The van der Waals surface area contributed by atoms with Gasteiger partial charge in [-0.25, -0.2) is 8.78 Å². The maximum Gasteiger partial charge on any atom is 0.129 e. The van der Waals surface area contributed by atoms with Gasteiger partial charge in [-0.2, -0.15) is 0 Å². The molecular formula is C18H21ClF2. The molecular weight excluding hydrogens is 290 g/mol. The third-order valence-corrected chi connectivity index (χ3v) is 6.78. The van der Waals surface area contributed by atoms with Gasteiger partial charge < -0.3 is 0 Å². The largest absolute Gasteiger partial charge is 0.207 e. The molecule has 1 unspecified atom stereocenters. The van der Waals surface area contributed by atoms with Crippen molar-refractivity contribution in [3.63, 3.8) is 0 Å². The molecule has 0 heterocycles. The molecule has 3 heteroatoms. The standard InChI is InChI=1S/C18H21ClF2/c19-17(6-14-1-2-15(20)7-16(14)21)18-8-11-3-12(9-18)5-13(4-11)10-18/h1-2,7,11-13,17H,3-6,8-10H2. The van der Waals surface area contributed by atoms with Crippen LogP contribution in [0.5, 0.6) is 0 Å². The van der Waals surface area contributed by atoms with Crippen molar-refractivity contribution in [2.24, 2.45) is 23.2 Å². The molecule has 4 aliphatic rings. The third-order valence-electron chi connectivity index (χ3n) is 6.16. The zero-order valence-corrected chi connectivity index (χ0v) is 12.9. The first kappa shape index (κ1) is 14.0. The van der Waals surface area contributed by atoms with Crippen molar-refractivity contribution >= 4 is 11.6 Å². The van der Waals surface area contributed by atoms with Crippen LogP contribution in [0.15, 0.2) is 18.2 Å². The molecule has 1 aromatic rings. The average molecular weight is 311 g/mol. The number of halogens is 3. The van der Waals surface area contributed by atoms with E-state index in [0.717, 1.165) is 23.8 Å². The molecule has 5 rings (SSSR count). The average Bonchev–Trinajstić information content (AvgIpc) is 2.40. The van der Waals surface area contributed by atoms with E-state index in [0.29, 0.717) is 12.0 Å². The Morgan fingerprint density at radius 3 is 2.14 bits per heavy atom. The molecule has 114 valence electrons. The van der Waals surface area contributed by atoms with Gasteiger partial charge in [0.15, 0.2) is 0 Å². The lowest BCUT2D eigenvalue weighted by Crippen LogP contribution is -2.50. The Balaban J connectivity index is 1.56. The van der Waals surface area contributed by atoms with Crippen molar-refractivity contribution in [1.29, 1.82) is 0 Å². The number of benzene rings is 1. The smallest absolute Gasteiger partial charge is 0.129 e. The van der Waals surface area contributed by atoms with Crippen LogP contribution in [0.3, 0.4) is 0 Å². The maximum atomic E-state index is 13.9. The normalized spacial score (nSPS) is 38.7. The van der Waals surface area contributed by atoms with Gasteiger partial charge in [-0.15, -0.1) is 11.6 Å². The topological polar surface area (TPSA) is 0 Å². The van der Waals surface area contributed by atoms with E-state index in [1.165, 1.54) is 44.6 Å². The predicted octanol–water partition coefficient (Wildman–Crippen LogP) is 5.33. The molecule has 21 heavy (non-hydrogen) atoms.